The predicted octanol–water partition coefficient (Wildman–Crippen LogP) is 1.66. The second-order valence-corrected chi connectivity index (χ2v) is 7.49. The van der Waals surface area contributed by atoms with E-state index in [9.17, 15) is 32.3 Å². The Hall–Kier alpha value is -3.11. The zero-order valence-electron chi connectivity index (χ0n) is 16.2. The number of amides is 5. The predicted molar refractivity (Wildman–Crippen MR) is 98.6 cm³/mol. The molecule has 1 aromatic rings. The lowest BCUT2D eigenvalue weighted by atomic mass is 9.73. The van der Waals surface area contributed by atoms with Crippen molar-refractivity contribution in [3.8, 4) is 0 Å². The average molecular weight is 426 g/mol. The first-order valence-corrected chi connectivity index (χ1v) is 9.50. The Morgan fingerprint density at radius 3 is 2.60 bits per heavy atom. The van der Waals surface area contributed by atoms with Crippen molar-refractivity contribution in [2.24, 2.45) is 5.92 Å². The molecule has 1 heterocycles. The van der Waals surface area contributed by atoms with Crippen molar-refractivity contribution in [3.05, 3.63) is 29.6 Å². The molecule has 0 aromatic heterocycles. The van der Waals surface area contributed by atoms with Crippen LogP contribution in [0.2, 0.25) is 0 Å². The van der Waals surface area contributed by atoms with E-state index in [1.165, 1.54) is 0 Å². The van der Waals surface area contributed by atoms with Crippen molar-refractivity contribution in [1.82, 2.24) is 15.5 Å². The van der Waals surface area contributed by atoms with Crippen molar-refractivity contribution in [1.29, 1.82) is 0 Å². The van der Waals surface area contributed by atoms with Gasteiger partial charge in [0, 0.05) is 0 Å². The molecule has 30 heavy (non-hydrogen) atoms. The van der Waals surface area contributed by atoms with Gasteiger partial charge in [0.25, 0.3) is 5.91 Å². The van der Waals surface area contributed by atoms with E-state index in [0.29, 0.717) is 12.5 Å². The summed E-state index contributed by atoms with van der Waals surface area (Å²) in [5, 5.41) is 6.91. The van der Waals surface area contributed by atoms with Crippen LogP contribution in [0.15, 0.2) is 12.1 Å². The average Bonchev–Trinajstić information content (AvgIpc) is 2.94. The van der Waals surface area contributed by atoms with Gasteiger partial charge in [0.05, 0.1) is 12.2 Å². The normalized spacial score (nSPS) is 23.5. The van der Waals surface area contributed by atoms with Gasteiger partial charge in [0.1, 0.15) is 12.1 Å². The molecule has 1 saturated carbocycles. The van der Waals surface area contributed by atoms with Gasteiger partial charge in [-0.25, -0.2) is 18.0 Å². The summed E-state index contributed by atoms with van der Waals surface area (Å²) in [7, 11) is 0. The number of hydrogen-bond acceptors (Lipinski definition) is 4. The van der Waals surface area contributed by atoms with Crippen LogP contribution in [0.5, 0.6) is 0 Å². The van der Waals surface area contributed by atoms with E-state index < -0.39 is 65.5 Å². The van der Waals surface area contributed by atoms with Gasteiger partial charge in [0.2, 0.25) is 11.8 Å². The van der Waals surface area contributed by atoms with E-state index in [4.69, 9.17) is 0 Å². The third-order valence-electron chi connectivity index (χ3n) is 5.56. The third kappa shape index (κ3) is 3.96. The van der Waals surface area contributed by atoms with Crippen molar-refractivity contribution >= 4 is 29.4 Å². The van der Waals surface area contributed by atoms with Gasteiger partial charge < -0.3 is 16.0 Å². The number of carbonyl (C=O) groups is 4. The number of anilines is 1. The quantitative estimate of drug-likeness (QED) is 0.492. The summed E-state index contributed by atoms with van der Waals surface area (Å²) < 4.78 is 39.7. The molecule has 162 valence electrons. The number of nitrogens with one attached hydrogen (secondary N) is 3. The third-order valence-corrected chi connectivity index (χ3v) is 5.56. The number of benzene rings is 1. The zero-order chi connectivity index (χ0) is 22.1. The van der Waals surface area contributed by atoms with Crippen LogP contribution in [0.25, 0.3) is 0 Å². The van der Waals surface area contributed by atoms with E-state index in [-0.39, 0.29) is 5.92 Å². The standard InChI is InChI=1S/C19H21F3N4O4/c1-10-4-2-3-7-19(10)17(29)26(18(30)25-19)9-14(28)23-8-13(27)24-12-6-5-11(20)15(21)16(12)22/h5-6,10H,2-4,7-9H2,1H3,(H,23,28)(H,24,27)(H,25,30)/t10-,19+/m1/s1. The number of urea groups is 1. The van der Waals surface area contributed by atoms with Gasteiger partial charge in [-0.3, -0.25) is 19.3 Å². The lowest BCUT2D eigenvalue weighted by molar-refractivity contribution is -0.137. The molecule has 1 aliphatic heterocycles. The molecule has 0 radical (unpaired) electrons. The molecule has 2 fully saturated rings. The smallest absolute Gasteiger partial charge is 0.325 e. The first kappa shape index (κ1) is 21.6. The van der Waals surface area contributed by atoms with Crippen molar-refractivity contribution in [2.45, 2.75) is 38.1 Å². The molecular weight excluding hydrogens is 405 g/mol. The van der Waals surface area contributed by atoms with Gasteiger partial charge >= 0.3 is 6.03 Å². The molecule has 1 saturated heterocycles. The van der Waals surface area contributed by atoms with Gasteiger partial charge in [0.15, 0.2) is 17.5 Å². The molecule has 3 N–H and O–H groups in total. The second-order valence-electron chi connectivity index (χ2n) is 7.49. The molecule has 5 amide bonds. The van der Waals surface area contributed by atoms with Crippen LogP contribution in [-0.4, -0.2) is 47.3 Å². The van der Waals surface area contributed by atoms with E-state index in [1.54, 1.807) is 0 Å². The maximum absolute atomic E-state index is 13.6. The van der Waals surface area contributed by atoms with Crippen LogP contribution in [0, 0.1) is 23.4 Å². The highest BCUT2D eigenvalue weighted by Crippen LogP contribution is 2.38. The lowest BCUT2D eigenvalue weighted by Crippen LogP contribution is -2.54. The highest BCUT2D eigenvalue weighted by molar-refractivity contribution is 6.09. The summed E-state index contributed by atoms with van der Waals surface area (Å²) in [6, 6.07) is 0.815. The van der Waals surface area contributed by atoms with Gasteiger partial charge in [-0.2, -0.15) is 0 Å². The summed E-state index contributed by atoms with van der Waals surface area (Å²) in [5.41, 5.74) is -1.59. The Morgan fingerprint density at radius 1 is 1.17 bits per heavy atom. The number of imide groups is 1. The minimum absolute atomic E-state index is 0.0625. The number of hydrogen-bond donors (Lipinski definition) is 3. The van der Waals surface area contributed by atoms with E-state index in [1.807, 2.05) is 12.2 Å². The van der Waals surface area contributed by atoms with Gasteiger partial charge in [-0.1, -0.05) is 19.8 Å². The molecule has 1 aliphatic carbocycles. The fourth-order valence-corrected chi connectivity index (χ4v) is 3.83. The Labute approximate surface area is 170 Å². The summed E-state index contributed by atoms with van der Waals surface area (Å²) in [6.45, 7) is 0.678. The Balaban J connectivity index is 1.54. The molecule has 2 aliphatic rings. The molecule has 1 spiro atoms. The molecular formula is C19H21F3N4O4. The van der Waals surface area contributed by atoms with Crippen molar-refractivity contribution in [2.75, 3.05) is 18.4 Å². The molecule has 0 unspecified atom stereocenters. The monoisotopic (exact) mass is 426 g/mol. The fraction of sp³-hybridized carbons (Fsp3) is 0.474. The number of nitrogens with zero attached hydrogens (tertiary/aromatic N) is 1. The largest absolute Gasteiger partial charge is 0.345 e. The highest BCUT2D eigenvalue weighted by atomic mass is 19.2. The summed E-state index contributed by atoms with van der Waals surface area (Å²) in [6.07, 6.45) is 3.03. The van der Waals surface area contributed by atoms with Crippen molar-refractivity contribution in [3.63, 3.8) is 0 Å². The molecule has 1 aromatic carbocycles. The molecule has 3 rings (SSSR count). The molecule has 0 bridgehead atoms. The first-order valence-electron chi connectivity index (χ1n) is 9.50. The lowest BCUT2D eigenvalue weighted by Gasteiger charge is -2.36. The Morgan fingerprint density at radius 2 is 1.90 bits per heavy atom. The molecule has 11 heteroatoms. The van der Waals surface area contributed by atoms with Crippen LogP contribution < -0.4 is 16.0 Å². The number of carbonyl (C=O) groups excluding carboxylic acids is 4. The van der Waals surface area contributed by atoms with Gasteiger partial charge in [-0.15, -0.1) is 0 Å². The Bertz CT molecular complexity index is 910. The van der Waals surface area contributed by atoms with Crippen molar-refractivity contribution < 1.29 is 32.3 Å². The van der Waals surface area contributed by atoms with E-state index in [2.05, 4.69) is 10.6 Å². The minimum Gasteiger partial charge on any atom is -0.345 e. The van der Waals surface area contributed by atoms with Crippen LogP contribution in [-0.2, 0) is 14.4 Å². The van der Waals surface area contributed by atoms with Crippen LogP contribution in [0.3, 0.4) is 0 Å². The second kappa shape index (κ2) is 8.33. The number of rotatable bonds is 5. The van der Waals surface area contributed by atoms with Crippen LogP contribution in [0.4, 0.5) is 23.7 Å². The fourth-order valence-electron chi connectivity index (χ4n) is 3.83. The van der Waals surface area contributed by atoms with E-state index in [0.717, 1.165) is 30.2 Å². The SMILES string of the molecule is C[C@@H]1CCCC[C@]12NC(=O)N(CC(=O)NCC(=O)Nc1ccc(F)c(F)c1F)C2=O. The van der Waals surface area contributed by atoms with Gasteiger partial charge in [-0.05, 0) is 30.9 Å². The molecule has 2 atom stereocenters. The first-order chi connectivity index (χ1) is 14.2. The minimum atomic E-state index is -1.73. The highest BCUT2D eigenvalue weighted by Gasteiger charge is 2.55. The van der Waals surface area contributed by atoms with Crippen LogP contribution in [0.1, 0.15) is 32.6 Å². The maximum Gasteiger partial charge on any atom is 0.325 e. The topological polar surface area (TPSA) is 108 Å². The maximum atomic E-state index is 13.6. The number of halogens is 3. The van der Waals surface area contributed by atoms with Crippen LogP contribution >= 0.6 is 0 Å². The molecule has 8 nitrogen and oxygen atoms in total. The summed E-state index contributed by atoms with van der Waals surface area (Å²) in [4.78, 5) is 49.8. The Kier molecular flexibility index (Phi) is 5.99. The zero-order valence-corrected chi connectivity index (χ0v) is 16.2. The summed E-state index contributed by atoms with van der Waals surface area (Å²) in [5.74, 6) is -6.92. The summed E-state index contributed by atoms with van der Waals surface area (Å²) >= 11 is 0. The van der Waals surface area contributed by atoms with E-state index >= 15 is 0 Å².